The number of benzene rings is 1. The van der Waals surface area contributed by atoms with Gasteiger partial charge in [-0.1, -0.05) is 23.5 Å². The van der Waals surface area contributed by atoms with Gasteiger partial charge in [0.05, 0.1) is 36.1 Å². The Morgan fingerprint density at radius 2 is 2.27 bits per heavy atom. The highest BCUT2D eigenvalue weighted by Gasteiger charge is 2.26. The minimum Gasteiger partial charge on any atom is -0.383 e. The van der Waals surface area contributed by atoms with E-state index in [4.69, 9.17) is 14.2 Å². The highest BCUT2D eigenvalue weighted by atomic mass is 32.1. The molecule has 0 spiro atoms. The fraction of sp³-hybridized carbons (Fsp3) is 0.579. The number of hydrogen-bond donors (Lipinski definition) is 0. The standard InChI is InChI=1S/C19H26N2O4S/c1-14(25-13-15-7-5-6-11-24-15)18(22)21(10-12-23-2)19-20-16-8-3-4-9-17(16)26-19/h3-4,8-9,14-15H,5-7,10-13H2,1-2H3. The summed E-state index contributed by atoms with van der Waals surface area (Å²) in [6, 6.07) is 7.88. The maximum Gasteiger partial charge on any atom is 0.257 e. The maximum atomic E-state index is 13.0. The third-order valence-electron chi connectivity index (χ3n) is 4.45. The van der Waals surface area contributed by atoms with Gasteiger partial charge < -0.3 is 14.2 Å². The number of hydrogen-bond acceptors (Lipinski definition) is 6. The zero-order valence-electron chi connectivity index (χ0n) is 15.3. The van der Waals surface area contributed by atoms with Crippen molar-refractivity contribution in [2.75, 3.05) is 38.4 Å². The molecule has 7 heteroatoms. The Balaban J connectivity index is 1.67. The normalized spacial score (nSPS) is 18.8. The van der Waals surface area contributed by atoms with Crippen LogP contribution in [0.2, 0.25) is 0 Å². The molecule has 0 bridgehead atoms. The molecule has 26 heavy (non-hydrogen) atoms. The first-order valence-corrected chi connectivity index (χ1v) is 9.90. The summed E-state index contributed by atoms with van der Waals surface area (Å²) in [4.78, 5) is 19.2. The van der Waals surface area contributed by atoms with Gasteiger partial charge in [-0.25, -0.2) is 4.98 Å². The molecule has 2 atom stereocenters. The number of methoxy groups -OCH3 is 1. The number of para-hydroxylation sites is 1. The lowest BCUT2D eigenvalue weighted by molar-refractivity contribution is -0.133. The van der Waals surface area contributed by atoms with Gasteiger partial charge in [-0.3, -0.25) is 9.69 Å². The molecule has 1 fully saturated rings. The first-order valence-electron chi connectivity index (χ1n) is 9.08. The summed E-state index contributed by atoms with van der Waals surface area (Å²) in [5.41, 5.74) is 0.895. The summed E-state index contributed by atoms with van der Waals surface area (Å²) >= 11 is 1.51. The van der Waals surface area contributed by atoms with Crippen LogP contribution in [0.25, 0.3) is 10.2 Å². The lowest BCUT2D eigenvalue weighted by Gasteiger charge is -2.26. The predicted octanol–water partition coefficient (Wildman–Crippen LogP) is 3.25. The second-order valence-corrected chi connectivity index (χ2v) is 7.42. The van der Waals surface area contributed by atoms with E-state index in [9.17, 15) is 4.79 Å². The molecule has 142 valence electrons. The van der Waals surface area contributed by atoms with Gasteiger partial charge in [0.1, 0.15) is 6.10 Å². The van der Waals surface area contributed by atoms with E-state index >= 15 is 0 Å². The van der Waals surface area contributed by atoms with E-state index < -0.39 is 6.10 Å². The first-order chi connectivity index (χ1) is 12.7. The Kier molecular flexibility index (Phi) is 6.96. The molecule has 1 aliphatic rings. The van der Waals surface area contributed by atoms with Crippen LogP contribution < -0.4 is 4.90 Å². The van der Waals surface area contributed by atoms with Gasteiger partial charge in [0, 0.05) is 13.7 Å². The molecule has 0 radical (unpaired) electrons. The number of carbonyl (C=O) groups excluding carboxylic acids is 1. The number of ether oxygens (including phenoxy) is 3. The number of rotatable bonds is 8. The van der Waals surface area contributed by atoms with Crippen molar-refractivity contribution in [2.24, 2.45) is 0 Å². The summed E-state index contributed by atoms with van der Waals surface area (Å²) < 4.78 is 17.7. The van der Waals surface area contributed by atoms with Gasteiger partial charge in [-0.05, 0) is 38.3 Å². The van der Waals surface area contributed by atoms with E-state index in [1.165, 1.54) is 11.3 Å². The number of anilines is 1. The molecular weight excluding hydrogens is 352 g/mol. The molecule has 1 aliphatic heterocycles. The Labute approximate surface area is 158 Å². The van der Waals surface area contributed by atoms with Crippen molar-refractivity contribution in [2.45, 2.75) is 38.4 Å². The molecule has 2 heterocycles. The van der Waals surface area contributed by atoms with E-state index in [0.717, 1.165) is 36.1 Å². The SMILES string of the molecule is COCCN(C(=O)C(C)OCC1CCCCO1)c1nc2ccccc2s1. The van der Waals surface area contributed by atoms with Crippen molar-refractivity contribution in [3.8, 4) is 0 Å². The lowest BCUT2D eigenvalue weighted by Crippen LogP contribution is -2.42. The first kappa shape index (κ1) is 19.2. The van der Waals surface area contributed by atoms with Crippen LogP contribution in [0.3, 0.4) is 0 Å². The van der Waals surface area contributed by atoms with Crippen LogP contribution in [0.1, 0.15) is 26.2 Å². The van der Waals surface area contributed by atoms with Gasteiger partial charge in [-0.2, -0.15) is 0 Å². The summed E-state index contributed by atoms with van der Waals surface area (Å²) in [7, 11) is 1.63. The maximum absolute atomic E-state index is 13.0. The Bertz CT molecular complexity index is 681. The fourth-order valence-corrected chi connectivity index (χ4v) is 3.94. The second kappa shape index (κ2) is 9.41. The second-order valence-electron chi connectivity index (χ2n) is 6.41. The Morgan fingerprint density at radius 1 is 1.42 bits per heavy atom. The quantitative estimate of drug-likeness (QED) is 0.706. The monoisotopic (exact) mass is 378 g/mol. The average molecular weight is 378 g/mol. The van der Waals surface area contributed by atoms with Gasteiger partial charge in [0.15, 0.2) is 5.13 Å². The van der Waals surface area contributed by atoms with Gasteiger partial charge in [0.25, 0.3) is 5.91 Å². The summed E-state index contributed by atoms with van der Waals surface area (Å²) in [6.45, 7) is 3.91. The largest absolute Gasteiger partial charge is 0.383 e. The molecule has 1 saturated heterocycles. The van der Waals surface area contributed by atoms with E-state index in [1.807, 2.05) is 24.3 Å². The van der Waals surface area contributed by atoms with E-state index in [-0.39, 0.29) is 12.0 Å². The highest BCUT2D eigenvalue weighted by molar-refractivity contribution is 7.22. The molecule has 3 rings (SSSR count). The van der Waals surface area contributed by atoms with Crippen LogP contribution in [-0.4, -0.2) is 56.6 Å². The summed E-state index contributed by atoms with van der Waals surface area (Å²) in [5.74, 6) is -0.100. The summed E-state index contributed by atoms with van der Waals surface area (Å²) in [5, 5.41) is 0.678. The number of thiazole rings is 1. The molecule has 0 N–H and O–H groups in total. The third kappa shape index (κ3) is 4.79. The van der Waals surface area contributed by atoms with Gasteiger partial charge in [-0.15, -0.1) is 0 Å². The van der Waals surface area contributed by atoms with Gasteiger partial charge in [0.2, 0.25) is 0 Å². The van der Waals surface area contributed by atoms with Crippen LogP contribution >= 0.6 is 11.3 Å². The van der Waals surface area contributed by atoms with Crippen LogP contribution in [0.5, 0.6) is 0 Å². The number of aromatic nitrogens is 1. The number of fused-ring (bicyclic) bond motifs is 1. The third-order valence-corrected chi connectivity index (χ3v) is 5.51. The van der Waals surface area contributed by atoms with Crippen LogP contribution in [0.4, 0.5) is 5.13 Å². The molecule has 0 saturated carbocycles. The molecule has 2 aromatic rings. The van der Waals surface area contributed by atoms with Crippen molar-refractivity contribution in [1.82, 2.24) is 4.98 Å². The Hall–Kier alpha value is -1.54. The molecule has 6 nitrogen and oxygen atoms in total. The van der Waals surface area contributed by atoms with Crippen molar-refractivity contribution < 1.29 is 19.0 Å². The van der Waals surface area contributed by atoms with E-state index in [2.05, 4.69) is 4.98 Å². The number of carbonyl (C=O) groups is 1. The Morgan fingerprint density at radius 3 is 3.00 bits per heavy atom. The molecular formula is C19H26N2O4S. The zero-order chi connectivity index (χ0) is 18.4. The highest BCUT2D eigenvalue weighted by Crippen LogP contribution is 2.29. The minimum absolute atomic E-state index is 0.0916. The number of amides is 1. The smallest absolute Gasteiger partial charge is 0.257 e. The molecule has 1 amide bonds. The van der Waals surface area contributed by atoms with Crippen molar-refractivity contribution in [1.29, 1.82) is 0 Å². The van der Waals surface area contributed by atoms with E-state index in [0.29, 0.717) is 24.9 Å². The zero-order valence-corrected chi connectivity index (χ0v) is 16.2. The van der Waals surface area contributed by atoms with Crippen LogP contribution in [0.15, 0.2) is 24.3 Å². The summed E-state index contributed by atoms with van der Waals surface area (Å²) in [6.07, 6.45) is 2.79. The fourth-order valence-electron chi connectivity index (χ4n) is 2.94. The molecule has 1 aromatic carbocycles. The van der Waals surface area contributed by atoms with Crippen molar-refractivity contribution in [3.63, 3.8) is 0 Å². The van der Waals surface area contributed by atoms with Crippen molar-refractivity contribution in [3.05, 3.63) is 24.3 Å². The average Bonchev–Trinajstić information content (AvgIpc) is 3.11. The topological polar surface area (TPSA) is 60.9 Å². The van der Waals surface area contributed by atoms with E-state index in [1.54, 1.807) is 18.9 Å². The molecule has 0 aliphatic carbocycles. The molecule has 1 aromatic heterocycles. The molecule has 2 unspecified atom stereocenters. The number of nitrogens with zero attached hydrogens (tertiary/aromatic N) is 2. The lowest BCUT2D eigenvalue weighted by atomic mass is 10.1. The van der Waals surface area contributed by atoms with Crippen LogP contribution in [0, 0.1) is 0 Å². The van der Waals surface area contributed by atoms with Gasteiger partial charge >= 0.3 is 0 Å². The predicted molar refractivity (Wildman–Crippen MR) is 103 cm³/mol. The van der Waals surface area contributed by atoms with Crippen LogP contribution in [-0.2, 0) is 19.0 Å². The minimum atomic E-state index is -0.551. The van der Waals surface area contributed by atoms with Crippen molar-refractivity contribution >= 4 is 32.6 Å².